The van der Waals surface area contributed by atoms with Gasteiger partial charge in [0.05, 0.1) is 22.1 Å². The summed E-state index contributed by atoms with van der Waals surface area (Å²) < 4.78 is 10.1. The first-order chi connectivity index (χ1) is 67.4. The Morgan fingerprint density at radius 3 is 0.985 bits per heavy atom. The average Bonchev–Trinajstić information content (AvgIpc) is 1.58. The number of benzene rings is 18. The van der Waals surface area contributed by atoms with Gasteiger partial charge in [0.15, 0.2) is 0 Å². The number of fused-ring (bicyclic) bond motifs is 41. The molecule has 4 aliphatic rings. The molecule has 4 aliphatic carbocycles. The Kier molecular flexibility index (Phi) is 37.0. The standard InChI is InChI=1S/2C29H21N.2C25H19N.12C2H6/c1-2-30-25-16-15-18-9-3-5-11-20(18)27(25)28-23-14-8-7-13-22(23)26-21-12-6-4-10-19(21)17-24(26)29(28)30;1-2-30-26-14-8-7-13-23(26)28-21-12-6-5-11-20(21)27-22-16-15-18-9-3-4-10-19(18)24(22)17-25(27)29(28)30;1-2-26-24-10-6-5-9-20(24)21-12-11-19-22-14-17-8-4-3-7-16(17)13-18(22)15-23(19)25(21)26;1-2-26-24-10-6-5-9-20(24)21-14-13-19-18-12-11-16-7-3-4-8-17(16)22(18)15-23(19)25(21)26;12*1-2/h2*3-16H,2,17H2,1H3;2*3-14H,2,15H2,1H3;12*1-2H3. The van der Waals surface area contributed by atoms with Gasteiger partial charge in [0.25, 0.3) is 0 Å². The zero-order valence-corrected chi connectivity index (χ0v) is 87.5. The van der Waals surface area contributed by atoms with E-state index in [1.807, 2.05) is 166 Å². The highest BCUT2D eigenvalue weighted by molar-refractivity contribution is 6.32. The first kappa shape index (κ1) is 103. The Morgan fingerprint density at radius 1 is 0.169 bits per heavy atom. The zero-order chi connectivity index (χ0) is 98.1. The van der Waals surface area contributed by atoms with Crippen molar-refractivity contribution < 1.29 is 0 Å². The Hall–Kier alpha value is -13.3. The summed E-state index contributed by atoms with van der Waals surface area (Å²) in [6.45, 7) is 61.0. The molecule has 22 aromatic rings. The summed E-state index contributed by atoms with van der Waals surface area (Å²) in [4.78, 5) is 0. The van der Waals surface area contributed by atoms with Crippen molar-refractivity contribution in [3.63, 3.8) is 0 Å². The van der Waals surface area contributed by atoms with Crippen LogP contribution in [0.2, 0.25) is 0 Å². The third kappa shape index (κ3) is 18.0. The van der Waals surface area contributed by atoms with E-state index in [4.69, 9.17) is 0 Å². The minimum atomic E-state index is 0.972. The summed E-state index contributed by atoms with van der Waals surface area (Å²) in [6, 6.07) is 116. The van der Waals surface area contributed by atoms with Gasteiger partial charge in [-0.25, -0.2) is 0 Å². The lowest BCUT2D eigenvalue weighted by molar-refractivity contribution is 0.824. The van der Waals surface area contributed by atoms with Gasteiger partial charge in [0.1, 0.15) is 0 Å². The van der Waals surface area contributed by atoms with Crippen molar-refractivity contribution >= 4 is 152 Å². The molecule has 0 N–H and O–H groups in total. The van der Waals surface area contributed by atoms with E-state index < -0.39 is 0 Å². The van der Waals surface area contributed by atoms with E-state index >= 15 is 0 Å². The second kappa shape index (κ2) is 48.8. The van der Waals surface area contributed by atoms with Crippen molar-refractivity contribution in [1.82, 2.24) is 18.3 Å². The van der Waals surface area contributed by atoms with Gasteiger partial charge in [-0.15, -0.1) is 0 Å². The molecule has 0 amide bonds. The number of aryl methyl sites for hydroxylation is 4. The van der Waals surface area contributed by atoms with Crippen LogP contribution in [0.5, 0.6) is 0 Å². The SMILES string of the molecule is CC.CC.CC.CC.CC.CC.CC.CC.CC.CC.CC.CC.CCn1c2ccc3ccccc3c2c2c3ccccc3c3c(c21)Cc1ccccc1-3.CCn1c2ccccc2c2c3ccccc3c3c(c21)Cc1c-3ccc2ccccc12.CCn1c2ccccc2c2ccc3c(c21)Cc1c-3ccc2ccccc12.CCn1c2ccccc2c2ccc3c(c21)Cc1cc2ccccc2cc1-3. The van der Waals surface area contributed by atoms with Crippen LogP contribution in [0.15, 0.2) is 315 Å². The molecule has 0 radical (unpaired) electrons. The van der Waals surface area contributed by atoms with Gasteiger partial charge in [-0.05, 0) is 212 Å². The fourth-order valence-electron chi connectivity index (χ4n) is 21.4. The number of nitrogens with zero attached hydrogens (tertiary/aromatic N) is 4. The van der Waals surface area contributed by atoms with Crippen molar-refractivity contribution in [2.75, 3.05) is 0 Å². The number of rotatable bonds is 4. The molecule has 0 bridgehead atoms. The molecule has 0 unspecified atom stereocenters. The lowest BCUT2D eigenvalue weighted by Crippen LogP contribution is -1.97. The maximum absolute atomic E-state index is 2.55. The van der Waals surface area contributed by atoms with Gasteiger partial charge >= 0.3 is 0 Å². The summed E-state index contributed by atoms with van der Waals surface area (Å²) in [5.41, 5.74) is 34.3. The second-order valence-electron chi connectivity index (χ2n) is 31.3. The second-order valence-corrected chi connectivity index (χ2v) is 31.3. The Balaban J connectivity index is 0.000000162. The van der Waals surface area contributed by atoms with Crippen molar-refractivity contribution in [3.05, 3.63) is 360 Å². The topological polar surface area (TPSA) is 19.7 Å². The van der Waals surface area contributed by atoms with Crippen LogP contribution < -0.4 is 0 Å². The van der Waals surface area contributed by atoms with Crippen molar-refractivity contribution in [2.24, 2.45) is 0 Å². The van der Waals surface area contributed by atoms with Crippen LogP contribution >= 0.6 is 0 Å². The van der Waals surface area contributed by atoms with Crippen LogP contribution in [-0.2, 0) is 51.9 Å². The first-order valence-corrected chi connectivity index (χ1v) is 52.4. The maximum Gasteiger partial charge on any atom is 0.0540 e. The molecule has 4 heteroatoms. The number of aromatic nitrogens is 4. The molecule has 136 heavy (non-hydrogen) atoms. The minimum Gasteiger partial charge on any atom is -0.341 e. The molecule has 0 spiro atoms. The monoisotopic (exact) mass is 1790 g/mol. The highest BCUT2D eigenvalue weighted by atomic mass is 15.0. The highest BCUT2D eigenvalue weighted by Gasteiger charge is 2.32. The largest absolute Gasteiger partial charge is 0.341 e. The molecule has 4 aromatic heterocycles. The molecular formula is C132H152N4. The van der Waals surface area contributed by atoms with Gasteiger partial charge < -0.3 is 18.3 Å². The normalized spacial score (nSPS) is 11.1. The molecule has 0 aliphatic heterocycles. The molecule has 0 fully saturated rings. The molecule has 4 nitrogen and oxygen atoms in total. The molecule has 18 aromatic carbocycles. The van der Waals surface area contributed by atoms with E-state index in [0.29, 0.717) is 0 Å². The minimum absolute atomic E-state index is 0.972. The summed E-state index contributed by atoms with van der Waals surface area (Å²) in [5.74, 6) is 0. The van der Waals surface area contributed by atoms with Gasteiger partial charge in [-0.1, -0.05) is 451 Å². The van der Waals surface area contributed by atoms with Crippen LogP contribution in [0.1, 0.15) is 238 Å². The quantitative estimate of drug-likeness (QED) is 0.167. The Bertz CT molecular complexity index is 7800. The molecule has 4 heterocycles. The van der Waals surface area contributed by atoms with Gasteiger partial charge in [0, 0.05) is 117 Å². The van der Waals surface area contributed by atoms with Crippen LogP contribution in [0.3, 0.4) is 0 Å². The van der Waals surface area contributed by atoms with Crippen LogP contribution in [0.4, 0.5) is 0 Å². The van der Waals surface area contributed by atoms with Crippen molar-refractivity contribution in [2.45, 2.75) is 246 Å². The lowest BCUT2D eigenvalue weighted by Gasteiger charge is -2.12. The van der Waals surface area contributed by atoms with Crippen molar-refractivity contribution in [1.29, 1.82) is 0 Å². The fourth-order valence-corrected chi connectivity index (χ4v) is 21.4. The van der Waals surface area contributed by atoms with E-state index in [1.165, 1.54) is 241 Å². The van der Waals surface area contributed by atoms with Crippen LogP contribution in [-0.4, -0.2) is 18.3 Å². The summed E-state index contributed by atoms with van der Waals surface area (Å²) in [6.07, 6.45) is 4.08. The molecule has 0 saturated heterocycles. The van der Waals surface area contributed by atoms with Gasteiger partial charge in [-0.3, -0.25) is 0 Å². The molecular weight excluding hydrogens is 1640 g/mol. The summed E-state index contributed by atoms with van der Waals surface area (Å²) >= 11 is 0. The zero-order valence-electron chi connectivity index (χ0n) is 87.5. The average molecular weight is 1790 g/mol. The number of hydrogen-bond acceptors (Lipinski definition) is 0. The first-order valence-electron chi connectivity index (χ1n) is 52.4. The highest BCUT2D eigenvalue weighted by Crippen LogP contribution is 2.54. The fraction of sp³-hybridized carbons (Fsp3) is 0.273. The third-order valence-corrected chi connectivity index (χ3v) is 26.0. The van der Waals surface area contributed by atoms with E-state index in [9.17, 15) is 0 Å². The number of hydrogen-bond donors (Lipinski definition) is 0. The van der Waals surface area contributed by atoms with E-state index in [2.05, 4.69) is 361 Å². The predicted molar refractivity (Wildman–Crippen MR) is 615 cm³/mol. The van der Waals surface area contributed by atoms with Gasteiger partial charge in [-0.2, -0.15) is 0 Å². The van der Waals surface area contributed by atoms with E-state index in [0.717, 1.165) is 51.9 Å². The molecule has 26 rings (SSSR count). The molecule has 0 saturated carbocycles. The molecule has 0 atom stereocenters. The van der Waals surface area contributed by atoms with Crippen LogP contribution in [0.25, 0.3) is 196 Å². The van der Waals surface area contributed by atoms with Gasteiger partial charge in [0.2, 0.25) is 0 Å². The van der Waals surface area contributed by atoms with Crippen LogP contribution in [0, 0.1) is 0 Å². The third-order valence-electron chi connectivity index (χ3n) is 26.0. The Morgan fingerprint density at radius 2 is 0.478 bits per heavy atom. The summed E-state index contributed by atoms with van der Waals surface area (Å²) in [7, 11) is 0. The lowest BCUT2D eigenvalue weighted by atomic mass is 9.93. The maximum atomic E-state index is 2.55. The van der Waals surface area contributed by atoms with Crippen molar-refractivity contribution in [3.8, 4) is 44.5 Å². The van der Waals surface area contributed by atoms with E-state index in [-0.39, 0.29) is 0 Å². The summed E-state index contributed by atoms with van der Waals surface area (Å²) in [5, 5.41) is 27.4. The van der Waals surface area contributed by atoms with E-state index in [1.54, 1.807) is 0 Å². The molecule has 700 valence electrons. The Labute approximate surface area is 814 Å². The smallest absolute Gasteiger partial charge is 0.0540 e. The predicted octanol–water partition coefficient (Wildman–Crippen LogP) is 40.8. The number of para-hydroxylation sites is 3.